The molecule has 23 aromatic rings. The molecule has 2 aliphatic carbocycles. The minimum atomic E-state index is -0.234. The topological polar surface area (TPSA) is 92.0 Å². The second-order valence-corrected chi connectivity index (χ2v) is 42.5. The van der Waals surface area contributed by atoms with Gasteiger partial charge in [-0.05, 0) is 233 Å². The quantitative estimate of drug-likeness (QED) is 0.119. The van der Waals surface area contributed by atoms with Gasteiger partial charge in [-0.2, -0.15) is 9.97 Å². The van der Waals surface area contributed by atoms with Crippen LogP contribution in [-0.4, -0.2) is 34.5 Å². The number of anilines is 9. The van der Waals surface area contributed by atoms with Crippen molar-refractivity contribution in [3.05, 3.63) is 529 Å². The molecule has 0 amide bonds. The summed E-state index contributed by atoms with van der Waals surface area (Å²) in [4.78, 5) is 37.7. The van der Waals surface area contributed by atoms with Crippen LogP contribution in [0, 0.1) is 0 Å². The third-order valence-electron chi connectivity index (χ3n) is 32.0. The minimum absolute atomic E-state index is 0.0317. The predicted octanol–water partition coefficient (Wildman–Crippen LogP) is 36.0. The van der Waals surface area contributed by atoms with E-state index in [1.165, 1.54) is 128 Å². The number of fused-ring (bicyclic) bond motifs is 16. The van der Waals surface area contributed by atoms with Crippen LogP contribution in [0.15, 0.2) is 473 Å². The monoisotopic (exact) mass is 1920 g/mol. The molecule has 4 aromatic heterocycles. The number of para-hydroxylation sites is 6. The summed E-state index contributed by atoms with van der Waals surface area (Å²) in [5.41, 5.74) is 44.9. The highest BCUT2D eigenvalue weighted by Gasteiger charge is 2.44. The van der Waals surface area contributed by atoms with Crippen molar-refractivity contribution in [2.24, 2.45) is 0 Å². The molecule has 0 N–H and O–H groups in total. The third kappa shape index (κ3) is 15.4. The van der Waals surface area contributed by atoms with E-state index in [1.54, 1.807) is 0 Å². The smallest absolute Gasteiger partial charge is 0.238 e. The molecule has 10 heteroatoms. The van der Waals surface area contributed by atoms with Crippen molar-refractivity contribution in [1.29, 1.82) is 0 Å². The second kappa shape index (κ2) is 35.7. The first-order chi connectivity index (χ1) is 72.6. The van der Waals surface area contributed by atoms with Crippen LogP contribution in [0.25, 0.3) is 151 Å². The summed E-state index contributed by atoms with van der Waals surface area (Å²) in [7, 11) is 0. The van der Waals surface area contributed by atoms with Gasteiger partial charge in [-0.25, -0.2) is 19.9 Å². The lowest BCUT2D eigenvalue weighted by Crippen LogP contribution is -2.31. The maximum Gasteiger partial charge on any atom is 0.238 e. The average molecular weight is 1920 g/mol. The fraction of sp³-hybridized carbons (Fsp3) is 0.108. The Kier molecular flexibility index (Phi) is 21.8. The summed E-state index contributed by atoms with van der Waals surface area (Å²) in [6.45, 7) is 23.5. The van der Waals surface area contributed by atoms with Crippen molar-refractivity contribution in [2.75, 3.05) is 14.7 Å². The van der Waals surface area contributed by atoms with Gasteiger partial charge in [0, 0.05) is 88.5 Å². The number of hydrogen-bond donors (Lipinski definition) is 0. The summed E-state index contributed by atoms with van der Waals surface area (Å²) < 4.78 is 2.18. The maximum absolute atomic E-state index is 5.27. The number of benzene rings is 19. The predicted molar refractivity (Wildman–Crippen MR) is 617 cm³/mol. The second-order valence-electron chi connectivity index (χ2n) is 42.5. The van der Waals surface area contributed by atoms with E-state index in [0.29, 0.717) is 23.4 Å². The Balaban J connectivity index is 0.000000113. The molecule has 0 saturated heterocycles. The van der Waals surface area contributed by atoms with Gasteiger partial charge in [0.05, 0.1) is 62.1 Å². The first kappa shape index (κ1) is 90.9. The van der Waals surface area contributed by atoms with Gasteiger partial charge < -0.3 is 9.80 Å². The van der Waals surface area contributed by atoms with Gasteiger partial charge in [0.2, 0.25) is 5.95 Å². The lowest BCUT2D eigenvalue weighted by Gasteiger charge is -2.42. The summed E-state index contributed by atoms with van der Waals surface area (Å²) in [6.07, 6.45) is 0. The molecule has 149 heavy (non-hydrogen) atoms. The number of hydrogen-bond acceptors (Lipinski definition) is 9. The number of pyridine rings is 1. The van der Waals surface area contributed by atoms with Crippen LogP contribution < -0.4 is 14.7 Å². The van der Waals surface area contributed by atoms with Crippen molar-refractivity contribution in [3.63, 3.8) is 0 Å². The summed E-state index contributed by atoms with van der Waals surface area (Å²) >= 11 is 0. The van der Waals surface area contributed by atoms with E-state index in [9.17, 15) is 0 Å². The summed E-state index contributed by atoms with van der Waals surface area (Å²) in [5.74, 6) is 3.42. The largest absolute Gasteiger partial charge is 0.310 e. The van der Waals surface area contributed by atoms with Crippen molar-refractivity contribution in [2.45, 2.75) is 96.3 Å². The van der Waals surface area contributed by atoms with Crippen molar-refractivity contribution >= 4 is 84.0 Å². The van der Waals surface area contributed by atoms with Gasteiger partial charge in [-0.15, -0.1) is 0 Å². The highest BCUT2D eigenvalue weighted by atomic mass is 15.2. The van der Waals surface area contributed by atoms with Crippen molar-refractivity contribution in [1.82, 2.24) is 34.5 Å². The molecule has 0 atom stereocenters. The molecular formula is C139H108N10. The van der Waals surface area contributed by atoms with E-state index in [-0.39, 0.29) is 27.1 Å². The zero-order chi connectivity index (χ0) is 101. The van der Waals surface area contributed by atoms with Crippen LogP contribution in [-0.2, 0) is 27.1 Å². The molecule has 28 rings (SSSR count). The first-order valence-corrected chi connectivity index (χ1v) is 51.7. The lowest BCUT2D eigenvalue weighted by atomic mass is 9.72. The summed E-state index contributed by atoms with van der Waals surface area (Å²) in [5, 5.41) is 3.45. The van der Waals surface area contributed by atoms with E-state index in [1.807, 2.05) is 84.9 Å². The average Bonchev–Trinajstić information content (AvgIpc) is 1.68. The molecule has 0 saturated carbocycles. The molecule has 5 aliphatic rings. The Morgan fingerprint density at radius 1 is 0.181 bits per heavy atom. The molecule has 0 bridgehead atoms. The van der Waals surface area contributed by atoms with Crippen molar-refractivity contribution in [3.8, 4) is 118 Å². The Bertz CT molecular complexity index is 9150. The standard InChI is InChI=1S/C48H35N5.C46H37N3.C45H36N2/c1-48(2)39-23-13-15-25-43(39)52(36-20-10-5-11-21-36)44-29-27-35(31-40(44)48)34-26-28-42-38(30-34)37-22-12-14-24-41(37)53(42)47-50-45(32-16-6-3-7-17-32)49-46(51-47)33-18-8-4-9-19-33;1-45(2)36-20-12-11-19-34(36)35-25-23-32(27-38(35)45)33-24-26-42-39(28-33)46(3,4)37-21-13-14-22-41(37)49(42)43-29-40(30-15-7-5-8-16-30)47-44(48-43)31-17-9-6-10-18-31;1-44(2)36-16-7-6-15-34(36)35-23-20-30(27-38(35)44)31-22-25-43-39(28-31)45(3,4)37-17-8-10-19-42(37)47(43)33-14-11-13-32(26-33)41-24-21-29-12-5-9-18-40(29)46-41/h3-31H,1-2H3;5-29H,1-4H3;5-28H,1-4H3. The maximum atomic E-state index is 5.27. The van der Waals surface area contributed by atoms with Crippen LogP contribution in [0.1, 0.15) is 125 Å². The highest BCUT2D eigenvalue weighted by Crippen LogP contribution is 2.60. The molecule has 714 valence electrons. The molecular weight excluding hydrogens is 1810 g/mol. The van der Waals surface area contributed by atoms with Gasteiger partial charge in [0.15, 0.2) is 17.5 Å². The molecule has 3 aliphatic heterocycles. The first-order valence-electron chi connectivity index (χ1n) is 51.7. The van der Waals surface area contributed by atoms with Crippen LogP contribution >= 0.6 is 0 Å². The lowest BCUT2D eigenvalue weighted by molar-refractivity contribution is 0.631. The number of aromatic nitrogens is 7. The Morgan fingerprint density at radius 3 is 1.05 bits per heavy atom. The van der Waals surface area contributed by atoms with E-state index in [0.717, 1.165) is 106 Å². The van der Waals surface area contributed by atoms with E-state index >= 15 is 0 Å². The zero-order valence-electron chi connectivity index (χ0n) is 85.0. The van der Waals surface area contributed by atoms with Crippen molar-refractivity contribution < 1.29 is 0 Å². The Hall–Kier alpha value is -18.1. The van der Waals surface area contributed by atoms with E-state index in [2.05, 4.69) is 477 Å². The fourth-order valence-electron chi connectivity index (χ4n) is 24.1. The van der Waals surface area contributed by atoms with Gasteiger partial charge in [0.1, 0.15) is 5.82 Å². The van der Waals surface area contributed by atoms with E-state index in [4.69, 9.17) is 29.9 Å². The van der Waals surface area contributed by atoms with Gasteiger partial charge in [-0.1, -0.05) is 415 Å². The van der Waals surface area contributed by atoms with Gasteiger partial charge >= 0.3 is 0 Å². The zero-order valence-corrected chi connectivity index (χ0v) is 85.0. The van der Waals surface area contributed by atoms with E-state index < -0.39 is 0 Å². The molecule has 10 nitrogen and oxygen atoms in total. The highest BCUT2D eigenvalue weighted by molar-refractivity contribution is 6.11. The molecule has 0 spiro atoms. The molecule has 7 heterocycles. The molecule has 0 unspecified atom stereocenters. The minimum Gasteiger partial charge on any atom is -0.310 e. The molecule has 19 aromatic carbocycles. The number of rotatable bonds is 12. The summed E-state index contributed by atoms with van der Waals surface area (Å²) in [6, 6.07) is 170. The third-order valence-corrected chi connectivity index (χ3v) is 32.0. The fourth-order valence-corrected chi connectivity index (χ4v) is 24.1. The Labute approximate surface area is 870 Å². The van der Waals surface area contributed by atoms with Crippen LogP contribution in [0.4, 0.5) is 51.3 Å². The molecule has 0 fully saturated rings. The normalized spacial score (nSPS) is 14.3. The van der Waals surface area contributed by atoms with Crippen LogP contribution in [0.2, 0.25) is 0 Å². The van der Waals surface area contributed by atoms with Crippen LogP contribution in [0.5, 0.6) is 0 Å². The van der Waals surface area contributed by atoms with Gasteiger partial charge in [0.25, 0.3) is 0 Å². The molecule has 0 radical (unpaired) electrons. The van der Waals surface area contributed by atoms with Crippen LogP contribution in [0.3, 0.4) is 0 Å². The number of nitrogens with zero attached hydrogens (tertiary/aromatic N) is 10. The van der Waals surface area contributed by atoms with Gasteiger partial charge in [-0.3, -0.25) is 9.47 Å². The SMILES string of the molecule is CC1(C)c2ccccc2-c2ccc(-c3ccc4c(c3)C(C)(C)c3ccccc3N4c3cc(-c4ccccc4)nc(-c4ccccc4)n3)cc21.CC1(C)c2ccccc2-c2ccc(-c3ccc4c(c3)C(C)(C)c3ccccc3N4c3cccc(-c4ccc5ccccc5n4)c3)cc21.CC1(C)c2ccccc2N(c2ccccc2)c2ccc(-c3ccc4c(c3)c3ccccc3n4-c3nc(-c4ccccc4)nc(-c4ccccc4)n3)cc21. The Morgan fingerprint density at radius 2 is 0.537 bits per heavy atom.